The van der Waals surface area contributed by atoms with E-state index >= 15 is 0 Å². The van der Waals surface area contributed by atoms with Crippen LogP contribution in [0.1, 0.15) is 17.5 Å². The Morgan fingerprint density at radius 2 is 1.91 bits per heavy atom. The van der Waals surface area contributed by atoms with Crippen molar-refractivity contribution in [1.29, 1.82) is 5.26 Å². The predicted octanol–water partition coefficient (Wildman–Crippen LogP) is 3.82. The second-order valence-corrected chi connectivity index (χ2v) is 8.06. The maximum absolute atomic E-state index is 12.8. The van der Waals surface area contributed by atoms with Gasteiger partial charge < -0.3 is 9.47 Å². The summed E-state index contributed by atoms with van der Waals surface area (Å²) in [7, 11) is 0. The first-order valence-corrected chi connectivity index (χ1v) is 10.9. The maximum atomic E-state index is 12.8. The van der Waals surface area contributed by atoms with Gasteiger partial charge in [0.15, 0.2) is 0 Å². The van der Waals surface area contributed by atoms with Crippen LogP contribution < -0.4 is 0 Å². The highest BCUT2D eigenvalue weighted by atomic mass is 16.6. The van der Waals surface area contributed by atoms with Crippen LogP contribution in [0.25, 0.3) is 17.0 Å². The lowest BCUT2D eigenvalue weighted by atomic mass is 10.1. The van der Waals surface area contributed by atoms with Gasteiger partial charge in [-0.05, 0) is 17.7 Å². The van der Waals surface area contributed by atoms with Gasteiger partial charge in [0.05, 0.1) is 17.4 Å². The molecular weight excluding hydrogens is 418 g/mol. The summed E-state index contributed by atoms with van der Waals surface area (Å²) in [6, 6.07) is 16.8. The molecule has 1 fully saturated rings. The van der Waals surface area contributed by atoms with Gasteiger partial charge in [-0.25, -0.2) is 0 Å². The van der Waals surface area contributed by atoms with Gasteiger partial charge in [0.25, 0.3) is 5.69 Å². The summed E-state index contributed by atoms with van der Waals surface area (Å²) in [5.74, 6) is -0.0288. The molecule has 2 heterocycles. The van der Waals surface area contributed by atoms with Gasteiger partial charge in [0.2, 0.25) is 5.91 Å². The van der Waals surface area contributed by atoms with Crippen molar-refractivity contribution < 1.29 is 9.72 Å². The molecule has 0 spiro atoms. The van der Waals surface area contributed by atoms with Gasteiger partial charge in [0, 0.05) is 80.1 Å². The summed E-state index contributed by atoms with van der Waals surface area (Å²) in [6.45, 7) is 3.91. The van der Waals surface area contributed by atoms with Crippen LogP contribution in [0.5, 0.6) is 0 Å². The maximum Gasteiger partial charge on any atom is 0.269 e. The fraction of sp³-hybridized carbons (Fsp3) is 0.280. The largest absolute Gasteiger partial charge is 0.346 e. The summed E-state index contributed by atoms with van der Waals surface area (Å²) in [6.07, 6.45) is 5.89. The minimum Gasteiger partial charge on any atom is -0.346 e. The number of hydrogen-bond donors (Lipinski definition) is 0. The van der Waals surface area contributed by atoms with Crippen LogP contribution >= 0.6 is 0 Å². The number of para-hydroxylation sites is 1. The lowest BCUT2D eigenvalue weighted by molar-refractivity contribution is -0.384. The molecule has 0 N–H and O–H groups in total. The average Bonchev–Trinajstić information content (AvgIpc) is 3.19. The SMILES string of the molecule is N#CCCn1cc(/C=C/C(=O)N2CCN(Cc3cccc([N+](=O)[O-])c3)CC2)c2ccccc21. The van der Waals surface area contributed by atoms with E-state index < -0.39 is 0 Å². The normalized spacial score (nSPS) is 14.6. The zero-order valence-corrected chi connectivity index (χ0v) is 18.3. The molecule has 0 atom stereocenters. The molecule has 1 aliphatic heterocycles. The van der Waals surface area contributed by atoms with Crippen LogP contribution in [0.2, 0.25) is 0 Å². The second kappa shape index (κ2) is 10.1. The average molecular weight is 444 g/mol. The molecule has 33 heavy (non-hydrogen) atoms. The van der Waals surface area contributed by atoms with Crippen molar-refractivity contribution >= 4 is 28.6 Å². The first kappa shape index (κ1) is 22.2. The van der Waals surface area contributed by atoms with Crippen LogP contribution in [0.15, 0.2) is 60.8 Å². The van der Waals surface area contributed by atoms with Crippen LogP contribution in [0.4, 0.5) is 5.69 Å². The van der Waals surface area contributed by atoms with Gasteiger partial charge >= 0.3 is 0 Å². The third-order valence-electron chi connectivity index (χ3n) is 5.90. The zero-order valence-electron chi connectivity index (χ0n) is 18.3. The van der Waals surface area contributed by atoms with E-state index in [1.54, 1.807) is 18.2 Å². The molecular formula is C25H25N5O3. The summed E-state index contributed by atoms with van der Waals surface area (Å²) < 4.78 is 2.05. The van der Waals surface area contributed by atoms with Crippen LogP contribution in [0, 0.1) is 21.4 Å². The molecule has 8 nitrogen and oxygen atoms in total. The lowest BCUT2D eigenvalue weighted by Gasteiger charge is -2.34. The number of nitro benzene ring substituents is 1. The molecule has 2 aromatic carbocycles. The molecule has 1 saturated heterocycles. The van der Waals surface area contributed by atoms with E-state index in [-0.39, 0.29) is 16.5 Å². The molecule has 0 saturated carbocycles. The monoisotopic (exact) mass is 443 g/mol. The number of piperazine rings is 1. The predicted molar refractivity (Wildman–Crippen MR) is 126 cm³/mol. The highest BCUT2D eigenvalue weighted by Crippen LogP contribution is 2.23. The van der Waals surface area contributed by atoms with Crippen LogP contribution in [-0.2, 0) is 17.9 Å². The van der Waals surface area contributed by atoms with Crippen molar-refractivity contribution in [3.8, 4) is 6.07 Å². The molecule has 1 amide bonds. The summed E-state index contributed by atoms with van der Waals surface area (Å²) >= 11 is 0. The molecule has 0 unspecified atom stereocenters. The van der Waals surface area contributed by atoms with E-state index in [2.05, 4.69) is 15.5 Å². The van der Waals surface area contributed by atoms with Crippen molar-refractivity contribution in [1.82, 2.24) is 14.4 Å². The minimum atomic E-state index is -0.382. The Morgan fingerprint density at radius 1 is 1.12 bits per heavy atom. The number of non-ortho nitro benzene ring substituents is 1. The molecule has 3 aromatic rings. The van der Waals surface area contributed by atoms with Gasteiger partial charge in [0.1, 0.15) is 0 Å². The smallest absolute Gasteiger partial charge is 0.269 e. The molecule has 8 heteroatoms. The molecule has 168 valence electrons. The topological polar surface area (TPSA) is 95.4 Å². The number of amides is 1. The standard InChI is InChI=1S/C25H25N5O3/c26-11-4-12-29-19-21(23-7-1-2-8-24(23)29)9-10-25(31)28-15-13-27(14-16-28)18-20-5-3-6-22(17-20)30(32)33/h1-3,5-10,17,19H,4,12-16,18H2/b10-9+. The van der Waals surface area contributed by atoms with Gasteiger partial charge in [-0.15, -0.1) is 0 Å². The zero-order chi connectivity index (χ0) is 23.2. The fourth-order valence-corrected chi connectivity index (χ4v) is 4.18. The quantitative estimate of drug-likeness (QED) is 0.314. The Balaban J connectivity index is 1.36. The Labute approximate surface area is 192 Å². The third kappa shape index (κ3) is 5.27. The molecule has 0 bridgehead atoms. The van der Waals surface area contributed by atoms with E-state index in [4.69, 9.17) is 5.26 Å². The first-order valence-electron chi connectivity index (χ1n) is 10.9. The van der Waals surface area contributed by atoms with E-state index in [0.29, 0.717) is 32.6 Å². The van der Waals surface area contributed by atoms with Crippen molar-refractivity contribution in [2.75, 3.05) is 26.2 Å². The Hall–Kier alpha value is -3.96. The minimum absolute atomic E-state index is 0.0288. The fourth-order valence-electron chi connectivity index (χ4n) is 4.18. The molecule has 0 radical (unpaired) electrons. The summed E-state index contributed by atoms with van der Waals surface area (Å²) in [5, 5.41) is 20.9. The van der Waals surface area contributed by atoms with Crippen LogP contribution in [-0.4, -0.2) is 51.4 Å². The van der Waals surface area contributed by atoms with Crippen molar-refractivity contribution in [3.63, 3.8) is 0 Å². The van der Waals surface area contributed by atoms with E-state index in [1.807, 2.05) is 47.5 Å². The molecule has 1 aliphatic rings. The van der Waals surface area contributed by atoms with Crippen molar-refractivity contribution in [3.05, 3.63) is 82.0 Å². The number of aromatic nitrogens is 1. The number of carbonyl (C=O) groups is 1. The van der Waals surface area contributed by atoms with Gasteiger partial charge in [-0.2, -0.15) is 5.26 Å². The van der Waals surface area contributed by atoms with Gasteiger partial charge in [-0.1, -0.05) is 30.3 Å². The lowest BCUT2D eigenvalue weighted by Crippen LogP contribution is -2.47. The number of rotatable bonds is 7. The van der Waals surface area contributed by atoms with Crippen molar-refractivity contribution in [2.45, 2.75) is 19.5 Å². The van der Waals surface area contributed by atoms with Crippen molar-refractivity contribution in [2.24, 2.45) is 0 Å². The number of carbonyl (C=O) groups excluding carboxylic acids is 1. The summed E-state index contributed by atoms with van der Waals surface area (Å²) in [4.78, 5) is 27.4. The highest BCUT2D eigenvalue weighted by Gasteiger charge is 2.20. The number of benzene rings is 2. The molecule has 0 aliphatic carbocycles. The van der Waals surface area contributed by atoms with Gasteiger partial charge in [-0.3, -0.25) is 19.8 Å². The second-order valence-electron chi connectivity index (χ2n) is 8.06. The van der Waals surface area contributed by atoms with E-state index in [0.717, 1.165) is 35.1 Å². The number of aryl methyl sites for hydroxylation is 1. The van der Waals surface area contributed by atoms with E-state index in [9.17, 15) is 14.9 Å². The number of nitro groups is 1. The Kier molecular flexibility index (Phi) is 6.81. The number of nitrogens with zero attached hydrogens (tertiary/aromatic N) is 5. The Bertz CT molecular complexity index is 1230. The first-order chi connectivity index (χ1) is 16.0. The summed E-state index contributed by atoms with van der Waals surface area (Å²) in [5.41, 5.74) is 3.01. The highest BCUT2D eigenvalue weighted by molar-refractivity contribution is 5.96. The number of fused-ring (bicyclic) bond motifs is 1. The Morgan fingerprint density at radius 3 is 2.67 bits per heavy atom. The third-order valence-corrected chi connectivity index (χ3v) is 5.90. The number of hydrogen-bond acceptors (Lipinski definition) is 5. The number of nitriles is 1. The van der Waals surface area contributed by atoms with Crippen LogP contribution in [0.3, 0.4) is 0 Å². The molecule has 4 rings (SSSR count). The molecule has 1 aromatic heterocycles. The van der Waals surface area contributed by atoms with E-state index in [1.165, 1.54) is 6.07 Å².